The van der Waals surface area contributed by atoms with Gasteiger partial charge < -0.3 is 0 Å². The van der Waals surface area contributed by atoms with E-state index in [0.29, 0.717) is 6.42 Å². The molecule has 0 saturated heterocycles. The normalized spacial score (nSPS) is 25.3. The third-order valence-corrected chi connectivity index (χ3v) is 5.03. The summed E-state index contributed by atoms with van der Waals surface area (Å²) in [6, 6.07) is 4.89. The summed E-state index contributed by atoms with van der Waals surface area (Å²) in [6.07, 6.45) is 8.06. The van der Waals surface area contributed by atoms with Gasteiger partial charge in [-0.3, -0.25) is 0 Å². The molecule has 1 aromatic rings. The van der Waals surface area contributed by atoms with Crippen LogP contribution in [-0.4, -0.2) is 0 Å². The molecule has 0 bridgehead atoms. The SMILES string of the molecule is CC1CCc2cc3c(c(CC#N)c2C1)CC(C)CC3. The molecule has 0 radical (unpaired) electrons. The van der Waals surface area contributed by atoms with Crippen LogP contribution < -0.4 is 0 Å². The summed E-state index contributed by atoms with van der Waals surface area (Å²) in [5.74, 6) is 1.56. The van der Waals surface area contributed by atoms with E-state index in [2.05, 4.69) is 26.0 Å². The lowest BCUT2D eigenvalue weighted by atomic mass is 9.74. The van der Waals surface area contributed by atoms with Crippen LogP contribution in [0.15, 0.2) is 6.07 Å². The van der Waals surface area contributed by atoms with Crippen molar-refractivity contribution in [1.82, 2.24) is 0 Å². The van der Waals surface area contributed by atoms with E-state index in [-0.39, 0.29) is 0 Å². The van der Waals surface area contributed by atoms with Crippen molar-refractivity contribution in [2.45, 2.75) is 58.8 Å². The third-order valence-electron chi connectivity index (χ3n) is 5.03. The van der Waals surface area contributed by atoms with Gasteiger partial charge in [-0.2, -0.15) is 5.26 Å². The second-order valence-electron chi connectivity index (χ2n) is 6.66. The summed E-state index contributed by atoms with van der Waals surface area (Å²) in [5, 5.41) is 9.20. The molecule has 2 unspecified atom stereocenters. The zero-order valence-corrected chi connectivity index (χ0v) is 12.1. The Kier molecular flexibility index (Phi) is 3.35. The number of hydrogen-bond donors (Lipinski definition) is 0. The molecule has 1 nitrogen and oxygen atoms in total. The molecule has 0 aromatic heterocycles. The molecular weight excluding hydrogens is 230 g/mol. The molecule has 0 amide bonds. The summed E-state index contributed by atoms with van der Waals surface area (Å²) in [4.78, 5) is 0. The van der Waals surface area contributed by atoms with Crippen molar-refractivity contribution in [3.05, 3.63) is 33.9 Å². The molecule has 0 saturated carbocycles. The number of benzene rings is 1. The third kappa shape index (κ3) is 2.29. The van der Waals surface area contributed by atoms with Gasteiger partial charge in [0.2, 0.25) is 0 Å². The Labute approximate surface area is 116 Å². The van der Waals surface area contributed by atoms with Crippen molar-refractivity contribution in [2.24, 2.45) is 11.8 Å². The summed E-state index contributed by atoms with van der Waals surface area (Å²) in [5.41, 5.74) is 7.59. The van der Waals surface area contributed by atoms with Crippen molar-refractivity contribution in [3.63, 3.8) is 0 Å². The Morgan fingerprint density at radius 2 is 1.58 bits per heavy atom. The molecule has 0 heterocycles. The molecule has 1 aromatic carbocycles. The van der Waals surface area contributed by atoms with Gasteiger partial charge in [0.15, 0.2) is 0 Å². The summed E-state index contributed by atoms with van der Waals surface area (Å²) < 4.78 is 0. The van der Waals surface area contributed by atoms with E-state index in [1.54, 1.807) is 11.1 Å². The van der Waals surface area contributed by atoms with Gasteiger partial charge in [-0.1, -0.05) is 19.9 Å². The summed E-state index contributed by atoms with van der Waals surface area (Å²) >= 11 is 0. The average Bonchev–Trinajstić information content (AvgIpc) is 2.40. The highest BCUT2D eigenvalue weighted by molar-refractivity contribution is 5.49. The molecule has 0 aliphatic heterocycles. The van der Waals surface area contributed by atoms with Crippen LogP contribution in [0.1, 0.15) is 54.5 Å². The van der Waals surface area contributed by atoms with E-state index in [4.69, 9.17) is 0 Å². The van der Waals surface area contributed by atoms with E-state index in [0.717, 1.165) is 11.8 Å². The zero-order valence-electron chi connectivity index (χ0n) is 12.1. The van der Waals surface area contributed by atoms with Gasteiger partial charge in [-0.05, 0) is 78.2 Å². The highest BCUT2D eigenvalue weighted by atomic mass is 14.3. The first-order valence-corrected chi connectivity index (χ1v) is 7.71. The van der Waals surface area contributed by atoms with Gasteiger partial charge in [0, 0.05) is 0 Å². The number of nitriles is 1. The van der Waals surface area contributed by atoms with Crippen molar-refractivity contribution >= 4 is 0 Å². The van der Waals surface area contributed by atoms with Crippen LogP contribution >= 0.6 is 0 Å². The fourth-order valence-electron chi connectivity index (χ4n) is 3.91. The van der Waals surface area contributed by atoms with E-state index in [9.17, 15) is 5.26 Å². The molecule has 3 rings (SSSR count). The Morgan fingerprint density at radius 3 is 2.05 bits per heavy atom. The lowest BCUT2D eigenvalue weighted by Gasteiger charge is -2.31. The maximum Gasteiger partial charge on any atom is 0.0669 e. The van der Waals surface area contributed by atoms with Gasteiger partial charge in [0.05, 0.1) is 12.5 Å². The first kappa shape index (κ1) is 12.7. The average molecular weight is 253 g/mol. The maximum atomic E-state index is 9.20. The number of fused-ring (bicyclic) bond motifs is 2. The number of hydrogen-bond acceptors (Lipinski definition) is 1. The largest absolute Gasteiger partial charge is 0.198 e. The Hall–Kier alpha value is -1.29. The van der Waals surface area contributed by atoms with E-state index in [1.807, 2.05) is 0 Å². The van der Waals surface area contributed by atoms with E-state index >= 15 is 0 Å². The zero-order chi connectivity index (χ0) is 13.4. The van der Waals surface area contributed by atoms with Crippen molar-refractivity contribution in [3.8, 4) is 6.07 Å². The molecule has 0 fully saturated rings. The molecule has 2 aliphatic carbocycles. The minimum absolute atomic E-state index is 0.616. The van der Waals surface area contributed by atoms with E-state index < -0.39 is 0 Å². The molecule has 2 aliphatic rings. The van der Waals surface area contributed by atoms with Gasteiger partial charge in [0.25, 0.3) is 0 Å². The standard InChI is InChI=1S/C18H23N/c1-12-3-5-14-11-15-6-4-13(2)10-18(15)16(7-8-19)17(14)9-12/h11-13H,3-7,9-10H2,1-2H3. The smallest absolute Gasteiger partial charge is 0.0669 e. The topological polar surface area (TPSA) is 23.8 Å². The van der Waals surface area contributed by atoms with Crippen molar-refractivity contribution < 1.29 is 0 Å². The highest BCUT2D eigenvalue weighted by Gasteiger charge is 2.25. The van der Waals surface area contributed by atoms with Crippen LogP contribution in [0.3, 0.4) is 0 Å². The van der Waals surface area contributed by atoms with Crippen LogP contribution in [0, 0.1) is 23.2 Å². The predicted octanol–water partition coefficient (Wildman–Crippen LogP) is 4.00. The van der Waals surface area contributed by atoms with Gasteiger partial charge in [-0.15, -0.1) is 0 Å². The van der Waals surface area contributed by atoms with E-state index in [1.165, 1.54) is 55.2 Å². The minimum Gasteiger partial charge on any atom is -0.198 e. The Bertz CT molecular complexity index is 497. The van der Waals surface area contributed by atoms with Crippen molar-refractivity contribution in [1.29, 1.82) is 5.26 Å². The summed E-state index contributed by atoms with van der Waals surface area (Å²) in [6.45, 7) is 4.70. The quantitative estimate of drug-likeness (QED) is 0.742. The Morgan fingerprint density at radius 1 is 1.05 bits per heavy atom. The molecule has 1 heteroatoms. The molecular formula is C18H23N. The van der Waals surface area contributed by atoms with Crippen LogP contribution in [0.4, 0.5) is 0 Å². The van der Waals surface area contributed by atoms with Crippen LogP contribution in [0.25, 0.3) is 0 Å². The highest BCUT2D eigenvalue weighted by Crippen LogP contribution is 2.36. The molecule has 0 spiro atoms. The van der Waals surface area contributed by atoms with Gasteiger partial charge in [0.1, 0.15) is 0 Å². The van der Waals surface area contributed by atoms with Gasteiger partial charge >= 0.3 is 0 Å². The fraction of sp³-hybridized carbons (Fsp3) is 0.611. The fourth-order valence-corrected chi connectivity index (χ4v) is 3.91. The monoisotopic (exact) mass is 253 g/mol. The lowest BCUT2D eigenvalue weighted by molar-refractivity contribution is 0.481. The van der Waals surface area contributed by atoms with Crippen LogP contribution in [0.2, 0.25) is 0 Å². The Balaban J connectivity index is 2.13. The van der Waals surface area contributed by atoms with Crippen molar-refractivity contribution in [2.75, 3.05) is 0 Å². The second kappa shape index (κ2) is 5.00. The van der Waals surface area contributed by atoms with Crippen LogP contribution in [-0.2, 0) is 32.1 Å². The first-order valence-electron chi connectivity index (χ1n) is 7.71. The minimum atomic E-state index is 0.616. The molecule has 0 N–H and O–H groups in total. The number of aryl methyl sites for hydroxylation is 2. The molecule has 19 heavy (non-hydrogen) atoms. The summed E-state index contributed by atoms with van der Waals surface area (Å²) in [7, 11) is 0. The number of rotatable bonds is 1. The maximum absolute atomic E-state index is 9.20. The second-order valence-corrected chi connectivity index (χ2v) is 6.66. The number of nitrogens with zero attached hydrogens (tertiary/aromatic N) is 1. The van der Waals surface area contributed by atoms with Crippen LogP contribution in [0.5, 0.6) is 0 Å². The molecule has 100 valence electrons. The first-order chi connectivity index (χ1) is 9.19. The lowest BCUT2D eigenvalue weighted by Crippen LogP contribution is -2.20. The van der Waals surface area contributed by atoms with Gasteiger partial charge in [-0.25, -0.2) is 0 Å². The molecule has 2 atom stereocenters. The predicted molar refractivity (Wildman–Crippen MR) is 78.1 cm³/mol.